The molecule has 1 fully saturated rings. The highest BCUT2D eigenvalue weighted by molar-refractivity contribution is 7.88. The summed E-state index contributed by atoms with van der Waals surface area (Å²) in [6.07, 6.45) is 3.70. The second-order valence-corrected chi connectivity index (χ2v) is 7.66. The van der Waals surface area contributed by atoms with Crippen LogP contribution in [0.5, 0.6) is 0 Å². The topological polar surface area (TPSA) is 90.3 Å². The normalized spacial score (nSPS) is 18.4. The molecule has 0 aliphatic carbocycles. The van der Waals surface area contributed by atoms with E-state index in [1.165, 1.54) is 0 Å². The predicted molar refractivity (Wildman–Crippen MR) is 87.1 cm³/mol. The van der Waals surface area contributed by atoms with Crippen LogP contribution in [0.25, 0.3) is 0 Å². The van der Waals surface area contributed by atoms with Crippen LogP contribution in [0.2, 0.25) is 0 Å². The molecule has 1 saturated heterocycles. The van der Waals surface area contributed by atoms with Crippen LogP contribution in [0.4, 0.5) is 0 Å². The van der Waals surface area contributed by atoms with Crippen molar-refractivity contribution in [3.63, 3.8) is 0 Å². The van der Waals surface area contributed by atoms with Crippen LogP contribution in [0.1, 0.15) is 30.4 Å². The number of benzene rings is 1. The minimum Gasteiger partial charge on any atom is -0.341 e. The summed E-state index contributed by atoms with van der Waals surface area (Å²) in [6.45, 7) is 1.10. The number of nitriles is 1. The first-order valence-corrected chi connectivity index (χ1v) is 9.50. The van der Waals surface area contributed by atoms with Crippen molar-refractivity contribution >= 4 is 15.9 Å². The maximum Gasteiger partial charge on any atom is 0.222 e. The molecule has 1 heterocycles. The molecule has 1 N–H and O–H groups in total. The molecule has 2 rings (SSSR count). The molecule has 1 atom stereocenters. The summed E-state index contributed by atoms with van der Waals surface area (Å²) >= 11 is 0. The van der Waals surface area contributed by atoms with Gasteiger partial charge in [0.1, 0.15) is 0 Å². The van der Waals surface area contributed by atoms with Crippen LogP contribution >= 0.6 is 0 Å². The number of nitrogens with zero attached hydrogens (tertiary/aromatic N) is 2. The Morgan fingerprint density at radius 2 is 2.09 bits per heavy atom. The summed E-state index contributed by atoms with van der Waals surface area (Å²) in [5, 5.41) is 8.76. The van der Waals surface area contributed by atoms with E-state index >= 15 is 0 Å². The quantitative estimate of drug-likeness (QED) is 0.870. The van der Waals surface area contributed by atoms with Gasteiger partial charge in [0, 0.05) is 25.6 Å². The molecule has 1 aliphatic rings. The van der Waals surface area contributed by atoms with E-state index in [-0.39, 0.29) is 11.9 Å². The Balaban J connectivity index is 1.86. The number of piperidine rings is 1. The Kier molecular flexibility index (Phi) is 5.74. The lowest BCUT2D eigenvalue weighted by molar-refractivity contribution is -0.132. The molecule has 0 radical (unpaired) electrons. The maximum absolute atomic E-state index is 12.3. The first-order valence-electron chi connectivity index (χ1n) is 7.61. The van der Waals surface area contributed by atoms with Gasteiger partial charge < -0.3 is 4.90 Å². The fourth-order valence-corrected chi connectivity index (χ4v) is 3.56. The minimum absolute atomic E-state index is 0.0364. The average Bonchev–Trinajstić information content (AvgIpc) is 2.51. The Morgan fingerprint density at radius 3 is 2.70 bits per heavy atom. The third-order valence-electron chi connectivity index (χ3n) is 3.87. The molecule has 124 valence electrons. The van der Waals surface area contributed by atoms with Gasteiger partial charge in [0.2, 0.25) is 15.9 Å². The van der Waals surface area contributed by atoms with Gasteiger partial charge in [-0.15, -0.1) is 0 Å². The van der Waals surface area contributed by atoms with Gasteiger partial charge in [-0.3, -0.25) is 4.79 Å². The Bertz CT molecular complexity index is 692. The summed E-state index contributed by atoms with van der Waals surface area (Å²) in [4.78, 5) is 14.0. The van der Waals surface area contributed by atoms with E-state index < -0.39 is 10.0 Å². The lowest BCUT2D eigenvalue weighted by Gasteiger charge is -2.32. The van der Waals surface area contributed by atoms with Crippen LogP contribution in [-0.4, -0.2) is 44.6 Å². The van der Waals surface area contributed by atoms with Gasteiger partial charge in [0.05, 0.1) is 17.9 Å². The summed E-state index contributed by atoms with van der Waals surface area (Å²) in [7, 11) is -3.25. The van der Waals surface area contributed by atoms with Crippen molar-refractivity contribution in [2.45, 2.75) is 31.7 Å². The van der Waals surface area contributed by atoms with Crippen molar-refractivity contribution < 1.29 is 13.2 Å². The molecule has 1 aliphatic heterocycles. The number of rotatable bonds is 5. The van der Waals surface area contributed by atoms with E-state index in [4.69, 9.17) is 5.26 Å². The van der Waals surface area contributed by atoms with E-state index in [2.05, 4.69) is 10.8 Å². The molecule has 23 heavy (non-hydrogen) atoms. The smallest absolute Gasteiger partial charge is 0.222 e. The number of sulfonamides is 1. The number of carbonyl (C=O) groups is 1. The van der Waals surface area contributed by atoms with Gasteiger partial charge >= 0.3 is 0 Å². The van der Waals surface area contributed by atoms with Gasteiger partial charge in [0.25, 0.3) is 0 Å². The fraction of sp³-hybridized carbons (Fsp3) is 0.500. The first-order chi connectivity index (χ1) is 10.9. The molecule has 1 aromatic carbocycles. The molecule has 0 saturated carbocycles. The monoisotopic (exact) mass is 335 g/mol. The molecule has 0 aromatic heterocycles. The number of nitrogens with one attached hydrogen (secondary N) is 1. The van der Waals surface area contributed by atoms with Crippen molar-refractivity contribution in [1.29, 1.82) is 5.26 Å². The van der Waals surface area contributed by atoms with Crippen molar-refractivity contribution in [3.05, 3.63) is 35.4 Å². The fourth-order valence-electron chi connectivity index (χ4n) is 2.76. The zero-order chi connectivity index (χ0) is 16.9. The summed E-state index contributed by atoms with van der Waals surface area (Å²) in [5.41, 5.74) is 1.62. The number of amides is 1. The van der Waals surface area contributed by atoms with Gasteiger partial charge in [-0.05, 0) is 37.0 Å². The van der Waals surface area contributed by atoms with Crippen LogP contribution in [0.3, 0.4) is 0 Å². The second-order valence-electron chi connectivity index (χ2n) is 5.88. The zero-order valence-corrected chi connectivity index (χ0v) is 14.0. The van der Waals surface area contributed by atoms with Gasteiger partial charge in [0.15, 0.2) is 0 Å². The Morgan fingerprint density at radius 1 is 1.39 bits per heavy atom. The summed E-state index contributed by atoms with van der Waals surface area (Å²) in [5.74, 6) is 0.0364. The van der Waals surface area contributed by atoms with Gasteiger partial charge in [-0.1, -0.05) is 12.1 Å². The molecular weight excluding hydrogens is 314 g/mol. The predicted octanol–water partition coefficient (Wildman–Crippen LogP) is 1.03. The van der Waals surface area contributed by atoms with Crippen molar-refractivity contribution in [1.82, 2.24) is 9.62 Å². The largest absolute Gasteiger partial charge is 0.341 e. The van der Waals surface area contributed by atoms with Crippen molar-refractivity contribution in [2.75, 3.05) is 19.3 Å². The maximum atomic E-state index is 12.3. The van der Waals surface area contributed by atoms with Gasteiger partial charge in [-0.2, -0.15) is 5.26 Å². The van der Waals surface area contributed by atoms with Crippen molar-refractivity contribution in [2.24, 2.45) is 0 Å². The molecule has 0 bridgehead atoms. The van der Waals surface area contributed by atoms with Gasteiger partial charge in [-0.25, -0.2) is 13.1 Å². The lowest BCUT2D eigenvalue weighted by Crippen LogP contribution is -2.49. The Labute approximate surface area is 137 Å². The number of hydrogen-bond acceptors (Lipinski definition) is 4. The SMILES string of the molecule is CS(=O)(=O)N[C@@H]1CCCN(C(=O)CCc2ccc(C#N)cc2)C1. The number of aryl methyl sites for hydroxylation is 1. The third kappa shape index (κ3) is 5.66. The van der Waals surface area contributed by atoms with E-state index in [1.54, 1.807) is 17.0 Å². The average molecular weight is 335 g/mol. The standard InChI is InChI=1S/C16H21N3O3S/c1-23(21,22)18-15-3-2-10-19(12-15)16(20)9-8-13-4-6-14(11-17)7-5-13/h4-7,15,18H,2-3,8-10,12H2,1H3/t15-/m1/s1. The van der Waals surface area contributed by atoms with E-state index in [0.717, 1.165) is 24.7 Å². The lowest BCUT2D eigenvalue weighted by atomic mass is 10.0. The van der Waals surface area contributed by atoms with E-state index in [1.807, 2.05) is 12.1 Å². The van der Waals surface area contributed by atoms with E-state index in [9.17, 15) is 13.2 Å². The Hall–Kier alpha value is -1.91. The molecule has 0 spiro atoms. The number of likely N-dealkylation sites (tertiary alicyclic amines) is 1. The first kappa shape index (κ1) is 17.4. The molecule has 7 heteroatoms. The summed E-state index contributed by atoms with van der Waals surface area (Å²) < 4.78 is 25.2. The van der Waals surface area contributed by atoms with Crippen LogP contribution in [0, 0.1) is 11.3 Å². The van der Waals surface area contributed by atoms with Crippen LogP contribution in [-0.2, 0) is 21.2 Å². The zero-order valence-electron chi connectivity index (χ0n) is 13.2. The second kappa shape index (κ2) is 7.57. The summed E-state index contributed by atoms with van der Waals surface area (Å²) in [6, 6.07) is 9.07. The highest BCUT2D eigenvalue weighted by Gasteiger charge is 2.25. The molecule has 1 amide bonds. The molecule has 6 nitrogen and oxygen atoms in total. The van der Waals surface area contributed by atoms with E-state index in [0.29, 0.717) is 31.5 Å². The number of hydrogen-bond donors (Lipinski definition) is 1. The van der Waals surface area contributed by atoms with Crippen LogP contribution in [0.15, 0.2) is 24.3 Å². The molecular formula is C16H21N3O3S. The molecule has 0 unspecified atom stereocenters. The number of carbonyl (C=O) groups excluding carboxylic acids is 1. The van der Waals surface area contributed by atoms with Crippen LogP contribution < -0.4 is 4.72 Å². The molecule has 1 aromatic rings. The third-order valence-corrected chi connectivity index (χ3v) is 4.63. The highest BCUT2D eigenvalue weighted by atomic mass is 32.2. The minimum atomic E-state index is -3.25. The van der Waals surface area contributed by atoms with Crippen molar-refractivity contribution in [3.8, 4) is 6.07 Å². The highest BCUT2D eigenvalue weighted by Crippen LogP contribution is 2.13.